The molecule has 33 heavy (non-hydrogen) atoms. The molecule has 0 aromatic heterocycles. The summed E-state index contributed by atoms with van der Waals surface area (Å²) in [4.78, 5) is 0. The van der Waals surface area contributed by atoms with Crippen LogP contribution >= 0.6 is 0 Å². The maximum atomic E-state index is 7.50. The third-order valence-corrected chi connectivity index (χ3v) is 5.82. The first kappa shape index (κ1) is 28.9. The summed E-state index contributed by atoms with van der Waals surface area (Å²) in [6.07, 6.45) is 5.07. The van der Waals surface area contributed by atoms with Gasteiger partial charge in [-0.05, 0) is 54.5 Å². The van der Waals surface area contributed by atoms with Gasteiger partial charge in [-0.3, -0.25) is 0 Å². The molecule has 0 N–H and O–H groups in total. The third kappa shape index (κ3) is 9.35. The van der Waals surface area contributed by atoms with Gasteiger partial charge in [0.25, 0.3) is 0 Å². The van der Waals surface area contributed by atoms with Crippen molar-refractivity contribution in [2.45, 2.75) is 79.4 Å². The van der Waals surface area contributed by atoms with E-state index in [1.54, 1.807) is 0 Å². The van der Waals surface area contributed by atoms with E-state index in [0.29, 0.717) is 11.8 Å². The standard InChI is InChI=1S/C24H30O3.2C2H6.CO/c1-17-3-5-19(6-4-17)20-7-11-22(12-8-20)27-23-13-9-21(10-14-23)24-25-15-18(2)16-26-24;3*1-2/h7-14,17-19,24H,3-6,15-16H2,1-2H3;2*1-2H3;. The fourth-order valence-corrected chi connectivity index (χ4v) is 4.02. The zero-order chi connectivity index (χ0) is 24.6. The molecule has 0 radical (unpaired) electrons. The molecule has 1 aliphatic carbocycles. The molecule has 2 aliphatic rings. The quantitative estimate of drug-likeness (QED) is 0.344. The first-order valence-corrected chi connectivity index (χ1v) is 12.5. The minimum absolute atomic E-state index is 0.257. The van der Waals surface area contributed by atoms with E-state index in [9.17, 15) is 0 Å². The molecular weight excluding hydrogens is 412 g/mol. The number of hydrogen-bond donors (Lipinski definition) is 0. The van der Waals surface area contributed by atoms with E-state index < -0.39 is 0 Å². The van der Waals surface area contributed by atoms with E-state index >= 15 is 0 Å². The van der Waals surface area contributed by atoms with E-state index in [2.05, 4.69) is 44.8 Å². The first-order chi connectivity index (χ1) is 16.2. The van der Waals surface area contributed by atoms with Crippen molar-refractivity contribution in [3.63, 3.8) is 0 Å². The van der Waals surface area contributed by atoms with Crippen LogP contribution in [0.3, 0.4) is 0 Å². The predicted octanol–water partition coefficient (Wildman–Crippen LogP) is 8.47. The monoisotopic (exact) mass is 454 g/mol. The summed E-state index contributed by atoms with van der Waals surface area (Å²) in [6, 6.07) is 16.7. The molecule has 182 valence electrons. The second-order valence-corrected chi connectivity index (χ2v) is 8.30. The number of hydrogen-bond acceptors (Lipinski definition) is 3. The van der Waals surface area contributed by atoms with E-state index in [1.807, 2.05) is 52.0 Å². The molecule has 2 aromatic rings. The van der Waals surface area contributed by atoms with Gasteiger partial charge in [-0.25, -0.2) is 0 Å². The number of ether oxygens (including phenoxy) is 3. The Balaban J connectivity index is 0.000000841. The molecule has 0 bridgehead atoms. The summed E-state index contributed by atoms with van der Waals surface area (Å²) in [5.74, 6) is 3.79. The molecule has 1 saturated carbocycles. The Morgan fingerprint density at radius 3 is 1.55 bits per heavy atom. The average molecular weight is 455 g/mol. The van der Waals surface area contributed by atoms with E-state index in [4.69, 9.17) is 18.9 Å². The molecule has 2 aromatic carbocycles. The van der Waals surface area contributed by atoms with E-state index in [-0.39, 0.29) is 6.29 Å². The number of rotatable bonds is 4. The van der Waals surface area contributed by atoms with Crippen LogP contribution in [0.15, 0.2) is 48.5 Å². The predicted molar refractivity (Wildman–Crippen MR) is 134 cm³/mol. The average Bonchev–Trinajstić information content (AvgIpc) is 2.90. The van der Waals surface area contributed by atoms with Gasteiger partial charge in [0.1, 0.15) is 11.5 Å². The summed E-state index contributed by atoms with van der Waals surface area (Å²) in [7, 11) is 0. The molecule has 1 heterocycles. The van der Waals surface area contributed by atoms with Gasteiger partial charge in [0.05, 0.1) is 13.2 Å². The van der Waals surface area contributed by atoms with Gasteiger partial charge >= 0.3 is 11.3 Å². The van der Waals surface area contributed by atoms with Crippen LogP contribution in [0.1, 0.15) is 90.6 Å². The molecule has 2 fully saturated rings. The molecule has 4 rings (SSSR count). The van der Waals surface area contributed by atoms with Crippen LogP contribution in [-0.4, -0.2) is 13.2 Å². The van der Waals surface area contributed by atoms with Crippen molar-refractivity contribution < 1.29 is 18.9 Å². The summed E-state index contributed by atoms with van der Waals surface area (Å²) < 4.78 is 25.0. The zero-order valence-electron chi connectivity index (χ0n) is 21.3. The molecule has 1 saturated heterocycles. The molecule has 1 aliphatic heterocycles. The zero-order valence-corrected chi connectivity index (χ0v) is 21.3. The van der Waals surface area contributed by atoms with Gasteiger partial charge in [0.2, 0.25) is 0 Å². The molecule has 0 atom stereocenters. The Labute approximate surface area is 201 Å². The van der Waals surface area contributed by atoms with Crippen LogP contribution in [0.5, 0.6) is 11.5 Å². The summed E-state index contributed by atoms with van der Waals surface area (Å²) in [5, 5.41) is 0. The molecular formula is C29H42O4. The number of benzene rings is 2. The van der Waals surface area contributed by atoms with Crippen LogP contribution < -0.4 is 4.74 Å². The van der Waals surface area contributed by atoms with Crippen molar-refractivity contribution in [3.8, 4) is 11.5 Å². The fraction of sp³-hybridized carbons (Fsp3) is 0.552. The van der Waals surface area contributed by atoms with Crippen LogP contribution in [0.2, 0.25) is 0 Å². The minimum atomic E-state index is -0.257. The van der Waals surface area contributed by atoms with E-state index in [1.165, 1.54) is 31.2 Å². The normalized spacial score (nSPS) is 23.9. The third-order valence-electron chi connectivity index (χ3n) is 5.82. The summed E-state index contributed by atoms with van der Waals surface area (Å²) in [6.45, 7) is 18.5. The summed E-state index contributed by atoms with van der Waals surface area (Å²) >= 11 is 0. The van der Waals surface area contributed by atoms with Gasteiger partial charge < -0.3 is 14.2 Å². The van der Waals surface area contributed by atoms with Crippen LogP contribution in [0, 0.1) is 18.5 Å². The van der Waals surface area contributed by atoms with Crippen molar-refractivity contribution >= 4 is 0 Å². The van der Waals surface area contributed by atoms with Gasteiger partial charge in [-0.2, -0.15) is 0 Å². The Kier molecular flexibility index (Phi) is 14.5. The summed E-state index contributed by atoms with van der Waals surface area (Å²) in [5.41, 5.74) is 2.49. The Bertz CT molecular complexity index is 687. The van der Waals surface area contributed by atoms with Crippen molar-refractivity contribution in [3.05, 3.63) is 66.3 Å². The molecule has 4 nitrogen and oxygen atoms in total. The second kappa shape index (κ2) is 16.5. The fourth-order valence-electron chi connectivity index (χ4n) is 4.02. The molecule has 0 amide bonds. The van der Waals surface area contributed by atoms with Crippen molar-refractivity contribution in [1.29, 1.82) is 0 Å². The molecule has 4 heteroatoms. The van der Waals surface area contributed by atoms with Gasteiger partial charge in [-0.15, -0.1) is 0 Å². The van der Waals surface area contributed by atoms with Crippen LogP contribution in [0.25, 0.3) is 0 Å². The Hall–Kier alpha value is -2.10. The first-order valence-electron chi connectivity index (χ1n) is 12.5. The van der Waals surface area contributed by atoms with Gasteiger partial charge in [0, 0.05) is 11.5 Å². The van der Waals surface area contributed by atoms with E-state index in [0.717, 1.165) is 36.2 Å². The van der Waals surface area contributed by atoms with Crippen molar-refractivity contribution in [2.24, 2.45) is 11.8 Å². The second-order valence-electron chi connectivity index (χ2n) is 8.30. The SMILES string of the molecule is CC.CC.CC1CCC(c2ccc(Oc3ccc(C4OCC(C)CO4)cc3)cc2)CC1.[C-]#[O+]. The molecule has 0 spiro atoms. The topological polar surface area (TPSA) is 47.6 Å². The van der Waals surface area contributed by atoms with Crippen LogP contribution in [0.4, 0.5) is 0 Å². The molecule has 0 unspecified atom stereocenters. The Morgan fingerprint density at radius 2 is 1.09 bits per heavy atom. The van der Waals surface area contributed by atoms with Crippen molar-refractivity contribution in [1.82, 2.24) is 0 Å². The van der Waals surface area contributed by atoms with Crippen LogP contribution in [-0.2, 0) is 14.1 Å². The maximum absolute atomic E-state index is 7.50. The Morgan fingerprint density at radius 1 is 0.667 bits per heavy atom. The van der Waals surface area contributed by atoms with Gasteiger partial charge in [0.15, 0.2) is 6.29 Å². The van der Waals surface area contributed by atoms with Crippen molar-refractivity contribution in [2.75, 3.05) is 13.2 Å². The van der Waals surface area contributed by atoms with Gasteiger partial charge in [-0.1, -0.05) is 78.6 Å².